The van der Waals surface area contributed by atoms with Crippen LogP contribution in [0, 0.1) is 11.8 Å². The number of aliphatic carboxylic acids is 1. The standard InChI is InChI=1S/C12H21NO3S/c1-9-2-3-10(12(14)15)11(8-9)13-4-6-17(16)7-5-13/h9-11H,2-8H2,1H3,(H,14,15). The van der Waals surface area contributed by atoms with Crippen molar-refractivity contribution >= 4 is 16.8 Å². The average Bonchev–Trinajstić information content (AvgIpc) is 2.29. The van der Waals surface area contributed by atoms with Gasteiger partial charge in [-0.1, -0.05) is 6.92 Å². The van der Waals surface area contributed by atoms with Crippen LogP contribution >= 0.6 is 0 Å². The monoisotopic (exact) mass is 259 g/mol. The van der Waals surface area contributed by atoms with Crippen LogP contribution in [0.25, 0.3) is 0 Å². The highest BCUT2D eigenvalue weighted by molar-refractivity contribution is 7.85. The Morgan fingerprint density at radius 1 is 1.29 bits per heavy atom. The average molecular weight is 259 g/mol. The summed E-state index contributed by atoms with van der Waals surface area (Å²) in [4.78, 5) is 13.6. The van der Waals surface area contributed by atoms with E-state index in [1.165, 1.54) is 0 Å². The van der Waals surface area contributed by atoms with Crippen LogP contribution in [0.1, 0.15) is 26.2 Å². The molecule has 1 aliphatic heterocycles. The molecule has 0 bridgehead atoms. The Kier molecular flexibility index (Phi) is 4.20. The van der Waals surface area contributed by atoms with Crippen LogP contribution in [0.2, 0.25) is 0 Å². The minimum atomic E-state index is -0.685. The molecule has 0 aromatic carbocycles. The molecule has 0 spiro atoms. The third-order valence-electron chi connectivity index (χ3n) is 4.08. The van der Waals surface area contributed by atoms with Crippen LogP contribution < -0.4 is 0 Å². The van der Waals surface area contributed by atoms with Crippen LogP contribution in [0.15, 0.2) is 0 Å². The number of hydrogen-bond donors (Lipinski definition) is 1. The number of carboxylic acid groups (broad SMARTS) is 1. The van der Waals surface area contributed by atoms with Gasteiger partial charge < -0.3 is 5.11 Å². The van der Waals surface area contributed by atoms with Crippen molar-refractivity contribution < 1.29 is 14.1 Å². The van der Waals surface area contributed by atoms with Crippen molar-refractivity contribution in [3.8, 4) is 0 Å². The molecule has 0 aromatic rings. The van der Waals surface area contributed by atoms with Crippen molar-refractivity contribution in [2.75, 3.05) is 24.6 Å². The van der Waals surface area contributed by atoms with E-state index in [4.69, 9.17) is 0 Å². The van der Waals surface area contributed by atoms with E-state index in [0.717, 1.165) is 32.4 Å². The summed E-state index contributed by atoms with van der Waals surface area (Å²) >= 11 is 0. The fourth-order valence-electron chi connectivity index (χ4n) is 3.03. The molecule has 1 saturated heterocycles. The van der Waals surface area contributed by atoms with E-state index < -0.39 is 16.8 Å². The summed E-state index contributed by atoms with van der Waals surface area (Å²) in [7, 11) is -0.685. The van der Waals surface area contributed by atoms with E-state index in [1.807, 2.05) is 0 Å². The molecule has 1 saturated carbocycles. The smallest absolute Gasteiger partial charge is 0.308 e. The van der Waals surface area contributed by atoms with Gasteiger partial charge in [0.1, 0.15) is 0 Å². The Hall–Kier alpha value is -0.420. The zero-order chi connectivity index (χ0) is 12.4. The fraction of sp³-hybridized carbons (Fsp3) is 0.917. The van der Waals surface area contributed by atoms with Crippen molar-refractivity contribution in [3.63, 3.8) is 0 Å². The van der Waals surface area contributed by atoms with Crippen LogP contribution in [0.5, 0.6) is 0 Å². The summed E-state index contributed by atoms with van der Waals surface area (Å²) in [5.41, 5.74) is 0. The van der Waals surface area contributed by atoms with E-state index in [1.54, 1.807) is 0 Å². The number of rotatable bonds is 2. The normalized spacial score (nSPS) is 36.9. The highest BCUT2D eigenvalue weighted by Crippen LogP contribution is 2.32. The van der Waals surface area contributed by atoms with Crippen LogP contribution in [-0.4, -0.2) is 50.8 Å². The fourth-order valence-corrected chi connectivity index (χ4v) is 4.11. The molecular formula is C12H21NO3S. The maximum absolute atomic E-state index is 11.3. The number of nitrogens with zero attached hydrogens (tertiary/aromatic N) is 1. The number of carboxylic acids is 1. The van der Waals surface area contributed by atoms with Gasteiger partial charge >= 0.3 is 5.97 Å². The van der Waals surface area contributed by atoms with Gasteiger partial charge in [-0.2, -0.15) is 0 Å². The molecule has 4 nitrogen and oxygen atoms in total. The van der Waals surface area contributed by atoms with Gasteiger partial charge in [-0.05, 0) is 25.2 Å². The quantitative estimate of drug-likeness (QED) is 0.802. The van der Waals surface area contributed by atoms with Crippen molar-refractivity contribution in [3.05, 3.63) is 0 Å². The molecule has 1 aliphatic carbocycles. The van der Waals surface area contributed by atoms with Gasteiger partial charge in [0.2, 0.25) is 0 Å². The number of hydrogen-bond acceptors (Lipinski definition) is 3. The van der Waals surface area contributed by atoms with E-state index in [2.05, 4.69) is 11.8 Å². The van der Waals surface area contributed by atoms with Crippen molar-refractivity contribution in [1.29, 1.82) is 0 Å². The highest BCUT2D eigenvalue weighted by atomic mass is 32.2. The van der Waals surface area contributed by atoms with Crippen molar-refractivity contribution in [2.24, 2.45) is 11.8 Å². The molecule has 2 aliphatic rings. The third kappa shape index (κ3) is 3.07. The molecule has 1 N–H and O–H groups in total. The summed E-state index contributed by atoms with van der Waals surface area (Å²) in [6.07, 6.45) is 2.79. The van der Waals surface area contributed by atoms with Gasteiger partial charge in [0.25, 0.3) is 0 Å². The summed E-state index contributed by atoms with van der Waals surface area (Å²) in [5.74, 6) is 1.14. The zero-order valence-corrected chi connectivity index (χ0v) is 11.1. The van der Waals surface area contributed by atoms with E-state index >= 15 is 0 Å². The predicted molar refractivity (Wildman–Crippen MR) is 67.4 cm³/mol. The molecule has 2 rings (SSSR count). The Balaban J connectivity index is 2.04. The molecule has 5 heteroatoms. The van der Waals surface area contributed by atoms with E-state index in [-0.39, 0.29) is 12.0 Å². The second kappa shape index (κ2) is 5.48. The number of carbonyl (C=O) groups is 1. The summed E-state index contributed by atoms with van der Waals surface area (Å²) in [6, 6.07) is 0.161. The molecule has 3 atom stereocenters. The topological polar surface area (TPSA) is 57.6 Å². The SMILES string of the molecule is CC1CCC(C(=O)O)C(N2CCS(=O)CC2)C1. The first-order valence-electron chi connectivity index (χ1n) is 6.39. The first-order chi connectivity index (χ1) is 8.08. The highest BCUT2D eigenvalue weighted by Gasteiger charge is 2.37. The van der Waals surface area contributed by atoms with Crippen LogP contribution in [0.4, 0.5) is 0 Å². The Bertz CT molecular complexity index is 311. The molecular weight excluding hydrogens is 238 g/mol. The van der Waals surface area contributed by atoms with Gasteiger partial charge in [0, 0.05) is 41.4 Å². The minimum absolute atomic E-state index is 0.161. The molecule has 3 unspecified atom stereocenters. The first-order valence-corrected chi connectivity index (χ1v) is 7.88. The summed E-state index contributed by atoms with van der Waals surface area (Å²) < 4.78 is 11.3. The minimum Gasteiger partial charge on any atom is -0.481 e. The lowest BCUT2D eigenvalue weighted by atomic mass is 9.78. The maximum atomic E-state index is 11.3. The van der Waals surface area contributed by atoms with Gasteiger partial charge in [-0.3, -0.25) is 13.9 Å². The molecule has 0 radical (unpaired) electrons. The lowest BCUT2D eigenvalue weighted by Gasteiger charge is -2.41. The lowest BCUT2D eigenvalue weighted by Crippen LogP contribution is -2.51. The Morgan fingerprint density at radius 3 is 2.53 bits per heavy atom. The van der Waals surface area contributed by atoms with Gasteiger partial charge in [0.15, 0.2) is 0 Å². The van der Waals surface area contributed by atoms with Crippen LogP contribution in [0.3, 0.4) is 0 Å². The molecule has 0 aromatic heterocycles. The summed E-state index contributed by atoms with van der Waals surface area (Å²) in [5, 5.41) is 9.29. The largest absolute Gasteiger partial charge is 0.481 e. The second-order valence-corrected chi connectivity index (χ2v) is 7.01. The van der Waals surface area contributed by atoms with E-state index in [9.17, 15) is 14.1 Å². The first kappa shape index (κ1) is 13.0. The maximum Gasteiger partial charge on any atom is 0.308 e. The Labute approximate surface area is 105 Å². The molecule has 1 heterocycles. The van der Waals surface area contributed by atoms with Gasteiger partial charge in [-0.25, -0.2) is 0 Å². The third-order valence-corrected chi connectivity index (χ3v) is 5.35. The molecule has 0 amide bonds. The predicted octanol–water partition coefficient (Wildman–Crippen LogP) is 0.940. The summed E-state index contributed by atoms with van der Waals surface area (Å²) in [6.45, 7) is 3.80. The molecule has 17 heavy (non-hydrogen) atoms. The molecule has 2 fully saturated rings. The van der Waals surface area contributed by atoms with Crippen molar-refractivity contribution in [1.82, 2.24) is 4.90 Å². The van der Waals surface area contributed by atoms with Crippen LogP contribution in [-0.2, 0) is 15.6 Å². The Morgan fingerprint density at radius 2 is 1.94 bits per heavy atom. The van der Waals surface area contributed by atoms with Crippen molar-refractivity contribution in [2.45, 2.75) is 32.2 Å². The van der Waals surface area contributed by atoms with Gasteiger partial charge in [0.05, 0.1) is 5.92 Å². The lowest BCUT2D eigenvalue weighted by molar-refractivity contribution is -0.146. The zero-order valence-electron chi connectivity index (χ0n) is 10.3. The van der Waals surface area contributed by atoms with E-state index in [0.29, 0.717) is 17.4 Å². The second-order valence-electron chi connectivity index (χ2n) is 5.31. The van der Waals surface area contributed by atoms with Gasteiger partial charge in [-0.15, -0.1) is 0 Å². The molecule has 98 valence electrons.